The number of ether oxygens (including phenoxy) is 1. The molecule has 0 fully saturated rings. The third kappa shape index (κ3) is 2.28. The summed E-state index contributed by atoms with van der Waals surface area (Å²) in [6.07, 6.45) is 0. The van der Waals surface area contributed by atoms with Gasteiger partial charge in [0, 0.05) is 19.1 Å². The highest BCUT2D eigenvalue weighted by molar-refractivity contribution is 6.04. The summed E-state index contributed by atoms with van der Waals surface area (Å²) < 4.78 is 9.40. The zero-order valence-corrected chi connectivity index (χ0v) is 10.5. The van der Waals surface area contributed by atoms with Crippen LogP contribution in [0.25, 0.3) is 11.0 Å². The number of esters is 1. The van der Waals surface area contributed by atoms with Gasteiger partial charge < -0.3 is 14.6 Å². The van der Waals surface area contributed by atoms with Gasteiger partial charge in [0.05, 0.1) is 17.4 Å². The highest BCUT2D eigenvalue weighted by Crippen LogP contribution is 2.32. The Labute approximate surface area is 111 Å². The van der Waals surface area contributed by atoms with Crippen LogP contribution in [0.3, 0.4) is 0 Å². The van der Waals surface area contributed by atoms with E-state index < -0.39 is 16.8 Å². The van der Waals surface area contributed by atoms with Crippen molar-refractivity contribution in [1.29, 1.82) is 0 Å². The summed E-state index contributed by atoms with van der Waals surface area (Å²) in [5.41, 5.74) is -0.455. The first-order chi connectivity index (χ1) is 9.43. The zero-order valence-electron chi connectivity index (χ0n) is 10.5. The number of nitro benzene ring substituents is 1. The molecule has 2 aromatic rings. The van der Waals surface area contributed by atoms with Crippen LogP contribution in [0.2, 0.25) is 0 Å². The SMILES string of the molecule is COC(=O)c1noc2cc(NC(C)=O)c([N+](=O)[O-])cc12. The lowest BCUT2D eigenvalue weighted by atomic mass is 10.1. The number of nitrogens with zero attached hydrogens (tertiary/aromatic N) is 2. The number of anilines is 1. The van der Waals surface area contributed by atoms with Gasteiger partial charge in [-0.2, -0.15) is 0 Å². The lowest BCUT2D eigenvalue weighted by molar-refractivity contribution is -0.383. The van der Waals surface area contributed by atoms with Gasteiger partial charge >= 0.3 is 5.97 Å². The average molecular weight is 279 g/mol. The molecular weight excluding hydrogens is 270 g/mol. The Bertz CT molecular complexity index is 720. The van der Waals surface area contributed by atoms with Gasteiger partial charge in [-0.1, -0.05) is 5.16 Å². The Morgan fingerprint density at radius 1 is 1.45 bits per heavy atom. The van der Waals surface area contributed by atoms with Crippen LogP contribution in [0, 0.1) is 10.1 Å². The van der Waals surface area contributed by atoms with Gasteiger partial charge in [0.15, 0.2) is 11.3 Å². The summed E-state index contributed by atoms with van der Waals surface area (Å²) in [7, 11) is 1.16. The van der Waals surface area contributed by atoms with E-state index in [1.54, 1.807) is 0 Å². The minimum Gasteiger partial charge on any atom is -0.464 e. The van der Waals surface area contributed by atoms with Crippen LogP contribution in [0.15, 0.2) is 16.7 Å². The van der Waals surface area contributed by atoms with E-state index in [-0.39, 0.29) is 28.0 Å². The second kappa shape index (κ2) is 4.96. The number of carbonyl (C=O) groups is 2. The summed E-state index contributed by atoms with van der Waals surface area (Å²) in [5.74, 6) is -1.24. The number of nitrogens with one attached hydrogen (secondary N) is 1. The smallest absolute Gasteiger partial charge is 0.360 e. The zero-order chi connectivity index (χ0) is 14.9. The maximum absolute atomic E-state index is 11.4. The molecule has 1 heterocycles. The molecule has 0 radical (unpaired) electrons. The highest BCUT2D eigenvalue weighted by Gasteiger charge is 2.23. The molecule has 0 aliphatic rings. The molecule has 0 spiro atoms. The van der Waals surface area contributed by atoms with Crippen molar-refractivity contribution in [1.82, 2.24) is 5.16 Å². The number of fused-ring (bicyclic) bond motifs is 1. The fourth-order valence-corrected chi connectivity index (χ4v) is 1.66. The number of hydrogen-bond donors (Lipinski definition) is 1. The van der Waals surface area contributed by atoms with Crippen LogP contribution in [-0.2, 0) is 9.53 Å². The molecule has 2 rings (SSSR count). The molecule has 0 bridgehead atoms. The summed E-state index contributed by atoms with van der Waals surface area (Å²) in [4.78, 5) is 32.8. The maximum Gasteiger partial charge on any atom is 0.360 e. The quantitative estimate of drug-likeness (QED) is 0.512. The molecular formula is C11H9N3O6. The standard InChI is InChI=1S/C11H9N3O6/c1-5(15)12-7-4-9-6(3-8(7)14(17)18)10(13-20-9)11(16)19-2/h3-4H,1-2H3,(H,12,15). The predicted molar refractivity (Wildman–Crippen MR) is 66.3 cm³/mol. The van der Waals surface area contributed by atoms with Gasteiger partial charge in [-0.15, -0.1) is 0 Å². The molecule has 9 heteroatoms. The van der Waals surface area contributed by atoms with Crippen LogP contribution >= 0.6 is 0 Å². The van der Waals surface area contributed by atoms with Gasteiger partial charge in [-0.05, 0) is 0 Å². The number of amides is 1. The van der Waals surface area contributed by atoms with E-state index in [0.717, 1.165) is 13.2 Å². The number of methoxy groups -OCH3 is 1. The van der Waals surface area contributed by atoms with Crippen molar-refractivity contribution < 1.29 is 23.8 Å². The Balaban J connectivity index is 2.67. The molecule has 1 amide bonds. The Morgan fingerprint density at radius 3 is 2.70 bits per heavy atom. The first kappa shape index (κ1) is 13.5. The Kier molecular flexibility index (Phi) is 3.34. The molecule has 0 unspecified atom stereocenters. The number of carbonyl (C=O) groups excluding carboxylic acids is 2. The molecule has 104 valence electrons. The monoisotopic (exact) mass is 279 g/mol. The molecule has 0 aliphatic carbocycles. The van der Waals surface area contributed by atoms with Crippen LogP contribution in [0.4, 0.5) is 11.4 Å². The molecule has 1 aromatic carbocycles. The van der Waals surface area contributed by atoms with Crippen LogP contribution in [0.5, 0.6) is 0 Å². The van der Waals surface area contributed by atoms with Crippen molar-refractivity contribution in [3.05, 3.63) is 27.9 Å². The van der Waals surface area contributed by atoms with Crippen molar-refractivity contribution in [2.45, 2.75) is 6.92 Å². The van der Waals surface area contributed by atoms with E-state index >= 15 is 0 Å². The molecule has 0 saturated heterocycles. The summed E-state index contributed by atoms with van der Waals surface area (Å²) >= 11 is 0. The predicted octanol–water partition coefficient (Wildman–Crippen LogP) is 1.48. The van der Waals surface area contributed by atoms with Crippen LogP contribution in [-0.4, -0.2) is 29.1 Å². The molecule has 0 saturated carbocycles. The lowest BCUT2D eigenvalue weighted by Gasteiger charge is -2.03. The normalized spacial score (nSPS) is 10.3. The summed E-state index contributed by atoms with van der Waals surface area (Å²) in [5, 5.41) is 17.0. The van der Waals surface area contributed by atoms with Crippen molar-refractivity contribution in [3.63, 3.8) is 0 Å². The number of aromatic nitrogens is 1. The van der Waals surface area contributed by atoms with Crippen molar-refractivity contribution >= 4 is 34.2 Å². The highest BCUT2D eigenvalue weighted by atomic mass is 16.6. The van der Waals surface area contributed by atoms with Gasteiger partial charge in [-0.25, -0.2) is 4.79 Å². The summed E-state index contributed by atoms with van der Waals surface area (Å²) in [6, 6.07) is 2.33. The van der Waals surface area contributed by atoms with Gasteiger partial charge in [-0.3, -0.25) is 14.9 Å². The first-order valence-corrected chi connectivity index (χ1v) is 5.37. The second-order valence-electron chi connectivity index (χ2n) is 3.83. The third-order valence-electron chi connectivity index (χ3n) is 2.47. The van der Waals surface area contributed by atoms with Crippen molar-refractivity contribution in [3.8, 4) is 0 Å². The lowest BCUT2D eigenvalue weighted by Crippen LogP contribution is -2.08. The van der Waals surface area contributed by atoms with Gasteiger partial charge in [0.25, 0.3) is 5.69 Å². The van der Waals surface area contributed by atoms with Crippen LogP contribution in [0.1, 0.15) is 17.4 Å². The number of benzene rings is 1. The number of hydrogen-bond acceptors (Lipinski definition) is 7. The van der Waals surface area contributed by atoms with Crippen molar-refractivity contribution in [2.75, 3.05) is 12.4 Å². The Hall–Kier alpha value is -2.97. The molecule has 0 aliphatic heterocycles. The van der Waals surface area contributed by atoms with Crippen LogP contribution < -0.4 is 5.32 Å². The molecule has 0 atom stereocenters. The van der Waals surface area contributed by atoms with E-state index in [0.29, 0.717) is 0 Å². The maximum atomic E-state index is 11.4. The van der Waals surface area contributed by atoms with E-state index in [1.165, 1.54) is 13.0 Å². The van der Waals surface area contributed by atoms with E-state index in [9.17, 15) is 19.7 Å². The molecule has 1 aromatic heterocycles. The molecule has 9 nitrogen and oxygen atoms in total. The van der Waals surface area contributed by atoms with Gasteiger partial charge in [0.2, 0.25) is 5.91 Å². The minimum atomic E-state index is -0.773. The van der Waals surface area contributed by atoms with Crippen molar-refractivity contribution in [2.24, 2.45) is 0 Å². The number of rotatable bonds is 3. The largest absolute Gasteiger partial charge is 0.464 e. The third-order valence-corrected chi connectivity index (χ3v) is 2.47. The fourth-order valence-electron chi connectivity index (χ4n) is 1.66. The topological polar surface area (TPSA) is 125 Å². The van der Waals surface area contributed by atoms with Gasteiger partial charge in [0.1, 0.15) is 5.69 Å². The van der Waals surface area contributed by atoms with E-state index in [2.05, 4.69) is 15.2 Å². The van der Waals surface area contributed by atoms with E-state index in [1.807, 2.05) is 0 Å². The summed E-state index contributed by atoms with van der Waals surface area (Å²) in [6.45, 7) is 1.22. The Morgan fingerprint density at radius 2 is 2.15 bits per heavy atom. The first-order valence-electron chi connectivity index (χ1n) is 5.37. The molecule has 1 N–H and O–H groups in total. The average Bonchev–Trinajstić information content (AvgIpc) is 2.78. The molecule has 20 heavy (non-hydrogen) atoms. The number of nitro groups is 1. The second-order valence-corrected chi connectivity index (χ2v) is 3.83. The fraction of sp³-hybridized carbons (Fsp3) is 0.182. The van der Waals surface area contributed by atoms with E-state index in [4.69, 9.17) is 4.52 Å². The minimum absolute atomic E-state index is 0.0393.